The molecular formula is C13H9ClF3NO. The van der Waals surface area contributed by atoms with Gasteiger partial charge in [-0.2, -0.15) is 13.2 Å². The Bertz CT molecular complexity index is 599. The van der Waals surface area contributed by atoms with Gasteiger partial charge in [-0.05, 0) is 11.6 Å². The Morgan fingerprint density at radius 3 is 2.42 bits per heavy atom. The van der Waals surface area contributed by atoms with Gasteiger partial charge in [-0.3, -0.25) is 4.98 Å². The van der Waals surface area contributed by atoms with Crippen molar-refractivity contribution in [2.75, 3.05) is 7.11 Å². The van der Waals surface area contributed by atoms with Gasteiger partial charge in [-0.25, -0.2) is 0 Å². The zero-order valence-corrected chi connectivity index (χ0v) is 10.6. The smallest absolute Gasteiger partial charge is 0.417 e. The molecule has 6 heteroatoms. The van der Waals surface area contributed by atoms with Gasteiger partial charge >= 0.3 is 6.18 Å². The van der Waals surface area contributed by atoms with E-state index in [0.29, 0.717) is 0 Å². The maximum Gasteiger partial charge on any atom is 0.417 e. The molecule has 2 rings (SSSR count). The molecule has 0 fully saturated rings. The zero-order chi connectivity index (χ0) is 14.0. The van der Waals surface area contributed by atoms with Crippen LogP contribution in [-0.4, -0.2) is 12.1 Å². The Morgan fingerprint density at radius 1 is 1.11 bits per heavy atom. The van der Waals surface area contributed by atoms with Crippen LogP contribution in [0.4, 0.5) is 13.2 Å². The molecule has 2 nitrogen and oxygen atoms in total. The fourth-order valence-corrected chi connectivity index (χ4v) is 2.02. The Hall–Kier alpha value is -1.75. The predicted molar refractivity (Wildman–Crippen MR) is 66.2 cm³/mol. The minimum atomic E-state index is -4.45. The van der Waals surface area contributed by atoms with E-state index in [4.69, 9.17) is 16.3 Å². The summed E-state index contributed by atoms with van der Waals surface area (Å²) in [5.74, 6) is 0.174. The number of alkyl halides is 3. The Morgan fingerprint density at radius 2 is 1.79 bits per heavy atom. The first-order chi connectivity index (χ1) is 8.95. The van der Waals surface area contributed by atoms with Crippen LogP contribution in [0.15, 0.2) is 36.7 Å². The van der Waals surface area contributed by atoms with Crippen molar-refractivity contribution in [1.29, 1.82) is 0 Å². The van der Waals surface area contributed by atoms with Crippen LogP contribution in [0.5, 0.6) is 5.75 Å². The average molecular weight is 288 g/mol. The summed E-state index contributed by atoms with van der Waals surface area (Å²) in [6, 6.07) is 5.22. The molecule has 1 aromatic heterocycles. The Kier molecular flexibility index (Phi) is 3.66. The minimum Gasteiger partial charge on any atom is -0.494 e. The molecule has 0 spiro atoms. The van der Waals surface area contributed by atoms with Crippen molar-refractivity contribution in [2.24, 2.45) is 0 Å². The lowest BCUT2D eigenvalue weighted by Gasteiger charge is -2.15. The molecule has 0 saturated carbocycles. The monoisotopic (exact) mass is 287 g/mol. The van der Waals surface area contributed by atoms with E-state index < -0.39 is 11.7 Å². The molecule has 0 radical (unpaired) electrons. The molecule has 0 aliphatic heterocycles. The van der Waals surface area contributed by atoms with E-state index in [2.05, 4.69) is 4.98 Å². The number of halogens is 4. The maximum absolute atomic E-state index is 13.0. The first kappa shape index (κ1) is 13.7. The summed E-state index contributed by atoms with van der Waals surface area (Å²) in [7, 11) is 1.35. The van der Waals surface area contributed by atoms with Gasteiger partial charge < -0.3 is 4.74 Å². The van der Waals surface area contributed by atoms with Crippen molar-refractivity contribution in [1.82, 2.24) is 4.98 Å². The van der Waals surface area contributed by atoms with Gasteiger partial charge in [0.15, 0.2) is 0 Å². The predicted octanol–water partition coefficient (Wildman–Crippen LogP) is 4.43. The van der Waals surface area contributed by atoms with E-state index in [1.807, 2.05) is 0 Å². The minimum absolute atomic E-state index is 0.0122. The number of pyridine rings is 1. The molecular weight excluding hydrogens is 279 g/mol. The van der Waals surface area contributed by atoms with Crippen molar-refractivity contribution >= 4 is 11.6 Å². The largest absolute Gasteiger partial charge is 0.494 e. The van der Waals surface area contributed by atoms with Gasteiger partial charge in [0, 0.05) is 18.0 Å². The maximum atomic E-state index is 13.0. The van der Waals surface area contributed by atoms with Crippen LogP contribution >= 0.6 is 11.6 Å². The summed E-state index contributed by atoms with van der Waals surface area (Å²) >= 11 is 5.88. The number of hydrogen-bond donors (Lipinski definition) is 0. The molecule has 0 bridgehead atoms. The van der Waals surface area contributed by atoms with Crippen LogP contribution in [0.2, 0.25) is 5.02 Å². The number of hydrogen-bond acceptors (Lipinski definition) is 2. The molecule has 0 aliphatic rings. The highest BCUT2D eigenvalue weighted by molar-refractivity contribution is 6.32. The van der Waals surface area contributed by atoms with Gasteiger partial charge in [-0.1, -0.05) is 29.8 Å². The van der Waals surface area contributed by atoms with Crippen LogP contribution in [0.1, 0.15) is 5.56 Å². The molecule has 2 aromatic rings. The zero-order valence-electron chi connectivity index (χ0n) is 9.83. The Labute approximate surface area is 112 Å². The van der Waals surface area contributed by atoms with Crippen LogP contribution in [0.25, 0.3) is 11.1 Å². The van der Waals surface area contributed by atoms with Gasteiger partial charge in [0.25, 0.3) is 0 Å². The summed E-state index contributed by atoms with van der Waals surface area (Å²) < 4.78 is 44.0. The van der Waals surface area contributed by atoms with Crippen molar-refractivity contribution in [3.05, 3.63) is 47.2 Å². The lowest BCUT2D eigenvalue weighted by atomic mass is 10.00. The molecule has 100 valence electrons. The molecule has 0 N–H and O–H groups in total. The van der Waals surface area contributed by atoms with E-state index in [-0.39, 0.29) is 21.9 Å². The molecule has 0 unspecified atom stereocenters. The average Bonchev–Trinajstić information content (AvgIpc) is 2.37. The lowest BCUT2D eigenvalue weighted by Crippen LogP contribution is -2.07. The van der Waals surface area contributed by atoms with E-state index in [1.54, 1.807) is 0 Å². The van der Waals surface area contributed by atoms with Crippen molar-refractivity contribution in [3.63, 3.8) is 0 Å². The SMILES string of the molecule is COc1c(Cl)cncc1-c1ccccc1C(F)(F)F. The lowest BCUT2D eigenvalue weighted by molar-refractivity contribution is -0.137. The third kappa shape index (κ3) is 2.66. The Balaban J connectivity index is 2.70. The summed E-state index contributed by atoms with van der Waals surface area (Å²) in [5.41, 5.74) is -0.554. The van der Waals surface area contributed by atoms with Gasteiger partial charge in [0.05, 0.1) is 12.7 Å². The van der Waals surface area contributed by atoms with Crippen molar-refractivity contribution < 1.29 is 17.9 Å². The quantitative estimate of drug-likeness (QED) is 0.815. The van der Waals surface area contributed by atoms with E-state index in [1.165, 1.54) is 37.7 Å². The van der Waals surface area contributed by atoms with Crippen LogP contribution < -0.4 is 4.74 Å². The summed E-state index contributed by atoms with van der Waals surface area (Å²) in [6.45, 7) is 0. The van der Waals surface area contributed by atoms with Gasteiger partial charge in [0.1, 0.15) is 10.8 Å². The number of nitrogens with zero attached hydrogens (tertiary/aromatic N) is 1. The normalized spacial score (nSPS) is 11.4. The summed E-state index contributed by atoms with van der Waals surface area (Å²) in [4.78, 5) is 3.81. The third-order valence-corrected chi connectivity index (χ3v) is 2.85. The van der Waals surface area contributed by atoms with Crippen LogP contribution in [0, 0.1) is 0 Å². The number of methoxy groups -OCH3 is 1. The van der Waals surface area contributed by atoms with Crippen LogP contribution in [0.3, 0.4) is 0 Å². The molecule has 1 aromatic carbocycles. The standard InChI is InChI=1S/C13H9ClF3NO/c1-19-12-9(6-18-7-11(12)14)8-4-2-3-5-10(8)13(15,16)17/h2-7H,1H3. The fourth-order valence-electron chi connectivity index (χ4n) is 1.79. The van der Waals surface area contributed by atoms with Crippen molar-refractivity contribution in [2.45, 2.75) is 6.18 Å². The number of aromatic nitrogens is 1. The number of benzene rings is 1. The molecule has 0 saturated heterocycles. The van der Waals surface area contributed by atoms with E-state index >= 15 is 0 Å². The van der Waals surface area contributed by atoms with Crippen LogP contribution in [-0.2, 0) is 6.18 Å². The molecule has 0 amide bonds. The third-order valence-electron chi connectivity index (χ3n) is 2.58. The first-order valence-electron chi connectivity index (χ1n) is 5.29. The highest BCUT2D eigenvalue weighted by Gasteiger charge is 2.34. The second-order valence-corrected chi connectivity index (χ2v) is 4.15. The summed E-state index contributed by atoms with van der Waals surface area (Å²) in [5, 5.41) is 0.164. The van der Waals surface area contributed by atoms with E-state index in [9.17, 15) is 13.2 Å². The fraction of sp³-hybridized carbons (Fsp3) is 0.154. The molecule has 19 heavy (non-hydrogen) atoms. The van der Waals surface area contributed by atoms with Crippen molar-refractivity contribution in [3.8, 4) is 16.9 Å². The molecule has 1 heterocycles. The molecule has 0 aliphatic carbocycles. The summed E-state index contributed by atoms with van der Waals surface area (Å²) in [6.07, 6.45) is -1.83. The highest BCUT2D eigenvalue weighted by Crippen LogP contribution is 2.41. The topological polar surface area (TPSA) is 22.1 Å². The molecule has 0 atom stereocenters. The second-order valence-electron chi connectivity index (χ2n) is 3.75. The van der Waals surface area contributed by atoms with E-state index in [0.717, 1.165) is 6.07 Å². The second kappa shape index (κ2) is 5.09. The van der Waals surface area contributed by atoms with Gasteiger partial charge in [0.2, 0.25) is 0 Å². The number of rotatable bonds is 2. The highest BCUT2D eigenvalue weighted by atomic mass is 35.5. The van der Waals surface area contributed by atoms with Gasteiger partial charge in [-0.15, -0.1) is 0 Å². The number of ether oxygens (including phenoxy) is 1. The first-order valence-corrected chi connectivity index (χ1v) is 5.67.